The van der Waals surface area contributed by atoms with Gasteiger partial charge < -0.3 is 17.3 Å². The van der Waals surface area contributed by atoms with Crippen LogP contribution in [-0.2, 0) is 54.9 Å². The van der Waals surface area contributed by atoms with Crippen LogP contribution in [0.15, 0.2) is 175 Å². The van der Waals surface area contributed by atoms with E-state index in [1.54, 1.807) is 121 Å². The number of hydrogen-bond acceptors (Lipinski definition) is 4. The average Bonchev–Trinajstić information content (AvgIpc) is 3.82. The molecule has 0 heterocycles. The Morgan fingerprint density at radius 2 is 0.722 bits per heavy atom. The van der Waals surface area contributed by atoms with E-state index in [1.165, 1.54) is 90.2 Å². The molecule has 79 heavy (non-hydrogen) atoms. The third-order valence-corrected chi connectivity index (χ3v) is 31.0. The van der Waals surface area contributed by atoms with Gasteiger partial charge in [-0.15, -0.1) is 12.1 Å². The Labute approximate surface area is 560 Å². The van der Waals surface area contributed by atoms with E-state index in [2.05, 4.69) is 90.2 Å². The molecule has 0 aromatic heterocycles. The zero-order valence-electron chi connectivity index (χ0n) is 47.9. The third kappa shape index (κ3) is 24.2. The molecule has 1 N–H and O–H groups in total. The van der Waals surface area contributed by atoms with Crippen LogP contribution in [0.3, 0.4) is 0 Å². The third-order valence-electron chi connectivity index (χ3n) is 16.6. The summed E-state index contributed by atoms with van der Waals surface area (Å²) in [6.07, 6.45) is 36.0. The van der Waals surface area contributed by atoms with Gasteiger partial charge in [0.1, 0.15) is 26.0 Å². The molecule has 1 unspecified atom stereocenters. The molecule has 4 saturated carbocycles. The van der Waals surface area contributed by atoms with Crippen molar-refractivity contribution in [2.24, 2.45) is 0 Å². The fraction of sp³-hybridized carbons (Fsp3) is 0.439. The Kier molecular flexibility index (Phi) is 38.7. The molecule has 1 atom stereocenters. The second-order valence-electron chi connectivity index (χ2n) is 21.6. The minimum atomic E-state index is -4.46. The fourth-order valence-corrected chi connectivity index (χ4v) is 27.2. The van der Waals surface area contributed by atoms with E-state index in [4.69, 9.17) is 0 Å². The maximum absolute atomic E-state index is 11.3. The van der Waals surface area contributed by atoms with Gasteiger partial charge in [-0.3, -0.25) is 0 Å². The Morgan fingerprint density at radius 3 is 1.04 bits per heavy atom. The second-order valence-corrected chi connectivity index (χ2v) is 34.5. The molecule has 13 heteroatoms. The van der Waals surface area contributed by atoms with Crippen LogP contribution >= 0.6 is 31.7 Å². The van der Waals surface area contributed by atoms with Crippen LogP contribution in [0.5, 0.6) is 0 Å². The van der Waals surface area contributed by atoms with Gasteiger partial charge in [0.15, 0.2) is 0 Å². The van der Waals surface area contributed by atoms with Crippen LogP contribution in [0.2, 0.25) is 0 Å². The smallest absolute Gasteiger partial charge is 0.744 e. The molecule has 0 saturated heterocycles. The SMILES string of the molecule is C1CCCC([PH+](CCNCC[PH+](C2CCCCC2)C2CCCCC2)C2CCCCC2)CC1.O=S(=O)([O-])c1cccc([PH+](c2ccccc2)c2ccccc2)c1.[Au].[Au].[CH3-].[Na+].[Na+].[c-]1cccc([PH+](c2ccccc2)c2ccccc2)c1. The molecule has 4 aliphatic carbocycles. The van der Waals surface area contributed by atoms with Crippen molar-refractivity contribution in [2.75, 3.05) is 25.4 Å². The van der Waals surface area contributed by atoms with Gasteiger partial charge in [0, 0.05) is 81.6 Å². The summed E-state index contributed by atoms with van der Waals surface area (Å²) in [5.41, 5.74) is 4.68. The largest absolute Gasteiger partial charge is 1.00 e. The summed E-state index contributed by atoms with van der Waals surface area (Å²) in [4.78, 5) is -0.177. The molecule has 0 amide bonds. The Balaban J connectivity index is 0.000000312. The normalized spacial score (nSPS) is 16.8. The van der Waals surface area contributed by atoms with E-state index in [1.807, 2.05) is 72.8 Å². The second kappa shape index (κ2) is 41.5. The summed E-state index contributed by atoms with van der Waals surface area (Å²) in [5.74, 6) is 0. The predicted octanol–water partition coefficient (Wildman–Crippen LogP) is 8.24. The zero-order chi connectivity index (χ0) is 51.1. The van der Waals surface area contributed by atoms with Crippen LogP contribution in [0.1, 0.15) is 135 Å². The molecule has 2 radical (unpaired) electrons. The monoisotopic (exact) mass is 1540 g/mol. The van der Waals surface area contributed by atoms with Crippen molar-refractivity contribution in [3.63, 3.8) is 0 Å². The Morgan fingerprint density at radius 1 is 0.418 bits per heavy atom. The molecule has 6 aromatic carbocycles. The zero-order valence-corrected chi connectivity index (χ0v) is 61.0. The quantitative estimate of drug-likeness (QED) is 0.0250. The van der Waals surface area contributed by atoms with Gasteiger partial charge in [-0.2, -0.15) is 18.2 Å². The van der Waals surface area contributed by atoms with Crippen LogP contribution in [-0.4, -0.2) is 61.0 Å². The molecule has 0 aliphatic heterocycles. The number of rotatable bonds is 17. The van der Waals surface area contributed by atoms with E-state index in [0.717, 1.165) is 21.6 Å². The summed E-state index contributed by atoms with van der Waals surface area (Å²) < 4.78 is 34.0. The summed E-state index contributed by atoms with van der Waals surface area (Å²) in [6.45, 7) is 2.73. The summed E-state index contributed by atoms with van der Waals surface area (Å²) in [6, 6.07) is 59.5. The molecule has 4 fully saturated rings. The maximum Gasteiger partial charge on any atom is 1.00 e. The summed E-state index contributed by atoms with van der Waals surface area (Å²) >= 11 is 0. The molecule has 4 aliphatic rings. The first-order valence-corrected chi connectivity index (χ1v) is 37.0. The van der Waals surface area contributed by atoms with E-state index in [-0.39, 0.29) is 132 Å². The molecule has 424 valence electrons. The maximum atomic E-state index is 11.3. The minimum Gasteiger partial charge on any atom is -0.744 e. The van der Waals surface area contributed by atoms with Crippen molar-refractivity contribution in [3.8, 4) is 0 Å². The van der Waals surface area contributed by atoms with Crippen molar-refractivity contribution in [1.82, 2.24) is 5.32 Å². The average molecular weight is 1540 g/mol. The van der Waals surface area contributed by atoms with E-state index in [9.17, 15) is 13.0 Å². The molecule has 6 aromatic rings. The standard InChI is InChI=1S/C29H55NP2.C18H15O3PS.C18H14P.CH3.2Au.2Na/c1-2-7-15-26(14-6-1)31(27-16-8-3-9-17-27)24-22-30-23-25-32(28-18-10-4-11-19-28)29-20-12-5-13-21-29;19-23(20,21)18-13-7-12-17(14-18)22(15-8-3-1-4-9-15)16-10-5-2-6-11-16;1-4-10-16(11-5-1)19(17-12-6-2-7-13-17)18-14-8-3-9-15-18;;;;;/h26-30H,1-25H2;1-14H,(H,19,20,21);1-8,10-15H;1H3;;;;/q;;2*-1;;;2*+1/p+3. The minimum absolute atomic E-state index is 0. The molecular formula is C66H90Au2NNa2O3P4S+3. The van der Waals surface area contributed by atoms with Crippen LogP contribution in [0.25, 0.3) is 0 Å². The number of benzene rings is 6. The molecule has 0 bridgehead atoms. The van der Waals surface area contributed by atoms with E-state index >= 15 is 0 Å². The van der Waals surface area contributed by atoms with Crippen molar-refractivity contribution < 1.29 is 117 Å². The first kappa shape index (κ1) is 73.6. The van der Waals surface area contributed by atoms with Crippen molar-refractivity contribution in [1.29, 1.82) is 0 Å². The molecule has 10 rings (SSSR count). The Hall–Kier alpha value is 0.391. The fourth-order valence-electron chi connectivity index (χ4n) is 12.9. The van der Waals surface area contributed by atoms with Gasteiger partial charge in [0.25, 0.3) is 0 Å². The molecular weight excluding hydrogens is 1450 g/mol. The van der Waals surface area contributed by atoms with E-state index in [0.29, 0.717) is 0 Å². The first-order valence-electron chi connectivity index (χ1n) is 28.8. The summed E-state index contributed by atoms with van der Waals surface area (Å²) in [5, 5.41) is 11.4. The number of hydrogen-bond donors (Lipinski definition) is 1. The van der Waals surface area contributed by atoms with Crippen LogP contribution in [0, 0.1) is 13.5 Å². The first-order chi connectivity index (χ1) is 36.4. The van der Waals surface area contributed by atoms with Gasteiger partial charge in [-0.1, -0.05) is 111 Å². The predicted molar refractivity (Wildman–Crippen MR) is 338 cm³/mol. The van der Waals surface area contributed by atoms with Crippen molar-refractivity contribution >= 4 is 73.6 Å². The van der Waals surface area contributed by atoms with Gasteiger partial charge in [0.2, 0.25) is 0 Å². The number of nitrogens with one attached hydrogen (secondary N) is 1. The van der Waals surface area contributed by atoms with Gasteiger partial charge in [-0.05, 0) is 175 Å². The Bertz CT molecular complexity index is 2430. The van der Waals surface area contributed by atoms with Gasteiger partial charge in [0.05, 0.1) is 58.4 Å². The van der Waals surface area contributed by atoms with E-state index < -0.39 is 26.0 Å². The summed E-state index contributed by atoms with van der Waals surface area (Å²) in [7, 11) is -7.04. The van der Waals surface area contributed by atoms with Gasteiger partial charge in [-0.25, -0.2) is 8.42 Å². The van der Waals surface area contributed by atoms with Gasteiger partial charge >= 0.3 is 59.1 Å². The van der Waals surface area contributed by atoms with Crippen LogP contribution < -0.4 is 96.3 Å². The molecule has 0 spiro atoms. The molecule has 4 nitrogen and oxygen atoms in total. The van der Waals surface area contributed by atoms with Crippen molar-refractivity contribution in [2.45, 2.75) is 162 Å². The van der Waals surface area contributed by atoms with Crippen molar-refractivity contribution in [3.05, 3.63) is 183 Å². The van der Waals surface area contributed by atoms with Crippen LogP contribution in [0.4, 0.5) is 0 Å². The topological polar surface area (TPSA) is 69.2 Å².